The molecule has 0 unspecified atom stereocenters. The molecule has 0 aromatic carbocycles. The predicted molar refractivity (Wildman–Crippen MR) is 54.6 cm³/mol. The van der Waals surface area contributed by atoms with Gasteiger partial charge in [0, 0.05) is 7.11 Å². The molecule has 0 aliphatic carbocycles. The summed E-state index contributed by atoms with van der Waals surface area (Å²) >= 11 is 0. The zero-order valence-electron chi connectivity index (χ0n) is 9.12. The maximum atomic E-state index is 11.4. The molecule has 15 heavy (non-hydrogen) atoms. The lowest BCUT2D eigenvalue weighted by atomic mass is 10.4. The topological polar surface area (TPSA) is 48.7 Å². The smallest absolute Gasteiger partial charge is 0.374 e. The van der Waals surface area contributed by atoms with Gasteiger partial charge in [-0.25, -0.2) is 4.79 Å². The summed E-state index contributed by atoms with van der Waals surface area (Å²) in [5.74, 6) is 0.448. The molecular formula is C11H16O4. The Kier molecular flexibility index (Phi) is 4.90. The summed E-state index contributed by atoms with van der Waals surface area (Å²) < 4.78 is 15.1. The fraction of sp³-hybridized carbons (Fsp3) is 0.545. The second-order valence-electron chi connectivity index (χ2n) is 3.19. The van der Waals surface area contributed by atoms with Gasteiger partial charge < -0.3 is 13.9 Å². The van der Waals surface area contributed by atoms with E-state index in [1.807, 2.05) is 6.92 Å². The Morgan fingerprint density at radius 3 is 2.93 bits per heavy atom. The van der Waals surface area contributed by atoms with Crippen molar-refractivity contribution in [3.8, 4) is 0 Å². The van der Waals surface area contributed by atoms with Gasteiger partial charge in [0.25, 0.3) is 0 Å². The standard InChI is InChI=1S/C11H16O4/c1-3-4-7-14-11(12)10-6-5-9(15-10)8-13-2/h5-6H,3-4,7-8H2,1-2H3. The van der Waals surface area contributed by atoms with Crippen molar-refractivity contribution < 1.29 is 18.7 Å². The van der Waals surface area contributed by atoms with Gasteiger partial charge in [0.1, 0.15) is 12.4 Å². The van der Waals surface area contributed by atoms with Gasteiger partial charge in [0.2, 0.25) is 5.76 Å². The quantitative estimate of drug-likeness (QED) is 0.536. The van der Waals surface area contributed by atoms with Crippen LogP contribution in [0.4, 0.5) is 0 Å². The highest BCUT2D eigenvalue weighted by atomic mass is 16.5. The lowest BCUT2D eigenvalue weighted by Crippen LogP contribution is -2.04. The minimum Gasteiger partial charge on any atom is -0.460 e. The normalized spacial score (nSPS) is 10.3. The number of unbranched alkanes of at least 4 members (excludes halogenated alkanes) is 1. The minimum absolute atomic E-state index is 0.234. The van der Waals surface area contributed by atoms with Crippen LogP contribution >= 0.6 is 0 Å². The summed E-state index contributed by atoms with van der Waals surface area (Å²) in [6, 6.07) is 3.31. The van der Waals surface area contributed by atoms with Crippen LogP contribution in [-0.4, -0.2) is 19.7 Å². The van der Waals surface area contributed by atoms with Gasteiger partial charge in [-0.3, -0.25) is 0 Å². The Bertz CT molecular complexity index is 303. The van der Waals surface area contributed by atoms with E-state index in [-0.39, 0.29) is 5.76 Å². The van der Waals surface area contributed by atoms with Crippen molar-refractivity contribution in [1.29, 1.82) is 0 Å². The summed E-state index contributed by atoms with van der Waals surface area (Å²) in [7, 11) is 1.57. The first-order valence-corrected chi connectivity index (χ1v) is 5.02. The molecule has 0 aliphatic heterocycles. The van der Waals surface area contributed by atoms with Gasteiger partial charge in [-0.15, -0.1) is 0 Å². The molecule has 0 spiro atoms. The van der Waals surface area contributed by atoms with Crippen LogP contribution in [0.2, 0.25) is 0 Å². The second kappa shape index (κ2) is 6.24. The van der Waals surface area contributed by atoms with Gasteiger partial charge in [0.15, 0.2) is 0 Å². The molecule has 1 heterocycles. The number of hydrogen-bond donors (Lipinski definition) is 0. The summed E-state index contributed by atoms with van der Waals surface area (Å²) in [6.45, 7) is 2.84. The first-order valence-electron chi connectivity index (χ1n) is 5.02. The molecular weight excluding hydrogens is 196 g/mol. The molecule has 0 aliphatic rings. The molecule has 0 bridgehead atoms. The van der Waals surface area contributed by atoms with Crippen molar-refractivity contribution in [2.75, 3.05) is 13.7 Å². The predicted octanol–water partition coefficient (Wildman–Crippen LogP) is 2.38. The Labute approximate surface area is 89.2 Å². The highest BCUT2D eigenvalue weighted by Gasteiger charge is 2.11. The van der Waals surface area contributed by atoms with Crippen molar-refractivity contribution in [3.05, 3.63) is 23.7 Å². The third kappa shape index (κ3) is 3.75. The average molecular weight is 212 g/mol. The molecule has 4 nitrogen and oxygen atoms in total. The van der Waals surface area contributed by atoms with Crippen LogP contribution in [-0.2, 0) is 16.1 Å². The molecule has 0 fully saturated rings. The zero-order valence-corrected chi connectivity index (χ0v) is 9.12. The molecule has 0 amide bonds. The van der Waals surface area contributed by atoms with Gasteiger partial charge >= 0.3 is 5.97 Å². The molecule has 0 saturated heterocycles. The molecule has 1 aromatic rings. The Hall–Kier alpha value is -1.29. The van der Waals surface area contributed by atoms with Gasteiger partial charge in [-0.05, 0) is 18.6 Å². The van der Waals surface area contributed by atoms with E-state index in [0.717, 1.165) is 12.8 Å². The van der Waals surface area contributed by atoms with Crippen LogP contribution in [0.1, 0.15) is 36.1 Å². The van der Waals surface area contributed by atoms with E-state index in [2.05, 4.69) is 0 Å². The number of carbonyl (C=O) groups excluding carboxylic acids is 1. The Morgan fingerprint density at radius 1 is 1.47 bits per heavy atom. The average Bonchev–Trinajstić information content (AvgIpc) is 2.67. The number of methoxy groups -OCH3 is 1. The van der Waals surface area contributed by atoms with Crippen LogP contribution in [0.15, 0.2) is 16.5 Å². The SMILES string of the molecule is CCCCOC(=O)c1ccc(COC)o1. The summed E-state index contributed by atoms with van der Waals surface area (Å²) in [5.41, 5.74) is 0. The van der Waals surface area contributed by atoms with E-state index in [4.69, 9.17) is 13.9 Å². The van der Waals surface area contributed by atoms with E-state index in [9.17, 15) is 4.79 Å². The largest absolute Gasteiger partial charge is 0.460 e. The maximum absolute atomic E-state index is 11.4. The van der Waals surface area contributed by atoms with Crippen LogP contribution in [0.25, 0.3) is 0 Å². The maximum Gasteiger partial charge on any atom is 0.374 e. The monoisotopic (exact) mass is 212 g/mol. The zero-order chi connectivity index (χ0) is 11.1. The fourth-order valence-electron chi connectivity index (χ4n) is 1.09. The lowest BCUT2D eigenvalue weighted by Gasteiger charge is -2.00. The van der Waals surface area contributed by atoms with Crippen molar-refractivity contribution in [2.45, 2.75) is 26.4 Å². The molecule has 4 heteroatoms. The van der Waals surface area contributed by atoms with Gasteiger partial charge in [0.05, 0.1) is 6.61 Å². The number of rotatable bonds is 6. The van der Waals surface area contributed by atoms with Crippen molar-refractivity contribution >= 4 is 5.97 Å². The third-order valence-electron chi connectivity index (χ3n) is 1.88. The number of hydrogen-bond acceptors (Lipinski definition) is 4. The second-order valence-corrected chi connectivity index (χ2v) is 3.19. The number of furan rings is 1. The molecule has 0 atom stereocenters. The minimum atomic E-state index is -0.411. The van der Waals surface area contributed by atoms with Crippen LogP contribution in [0.5, 0.6) is 0 Å². The fourth-order valence-corrected chi connectivity index (χ4v) is 1.09. The number of ether oxygens (including phenoxy) is 2. The first kappa shape index (κ1) is 11.8. The lowest BCUT2D eigenvalue weighted by molar-refractivity contribution is 0.0457. The highest BCUT2D eigenvalue weighted by molar-refractivity contribution is 5.86. The first-order chi connectivity index (χ1) is 7.27. The van der Waals surface area contributed by atoms with Crippen molar-refractivity contribution in [3.63, 3.8) is 0 Å². The van der Waals surface area contributed by atoms with E-state index in [0.29, 0.717) is 19.0 Å². The van der Waals surface area contributed by atoms with Gasteiger partial charge in [-0.1, -0.05) is 13.3 Å². The van der Waals surface area contributed by atoms with Crippen molar-refractivity contribution in [1.82, 2.24) is 0 Å². The van der Waals surface area contributed by atoms with E-state index in [1.54, 1.807) is 19.2 Å². The molecule has 0 N–H and O–H groups in total. The highest BCUT2D eigenvalue weighted by Crippen LogP contribution is 2.10. The Morgan fingerprint density at radius 2 is 2.27 bits per heavy atom. The van der Waals surface area contributed by atoms with Crippen LogP contribution in [0, 0.1) is 0 Å². The molecule has 0 saturated carbocycles. The number of esters is 1. The summed E-state index contributed by atoms with van der Waals surface area (Å²) in [6.07, 6.45) is 1.87. The van der Waals surface area contributed by atoms with E-state index >= 15 is 0 Å². The van der Waals surface area contributed by atoms with Gasteiger partial charge in [-0.2, -0.15) is 0 Å². The Balaban J connectivity index is 2.43. The van der Waals surface area contributed by atoms with E-state index < -0.39 is 5.97 Å². The molecule has 84 valence electrons. The molecule has 1 aromatic heterocycles. The van der Waals surface area contributed by atoms with Crippen LogP contribution in [0.3, 0.4) is 0 Å². The van der Waals surface area contributed by atoms with Crippen molar-refractivity contribution in [2.24, 2.45) is 0 Å². The summed E-state index contributed by atoms with van der Waals surface area (Å²) in [5, 5.41) is 0. The third-order valence-corrected chi connectivity index (χ3v) is 1.88. The molecule has 1 rings (SSSR count). The van der Waals surface area contributed by atoms with Crippen LogP contribution < -0.4 is 0 Å². The van der Waals surface area contributed by atoms with E-state index in [1.165, 1.54) is 0 Å². The number of carbonyl (C=O) groups is 1. The molecule has 0 radical (unpaired) electrons. The summed E-state index contributed by atoms with van der Waals surface area (Å²) in [4.78, 5) is 11.4.